The van der Waals surface area contributed by atoms with Gasteiger partial charge in [0, 0.05) is 5.69 Å². The van der Waals surface area contributed by atoms with Crippen molar-refractivity contribution in [2.24, 2.45) is 5.14 Å². The first-order chi connectivity index (χ1) is 7.05. The maximum atomic E-state index is 11.1. The highest BCUT2D eigenvalue weighted by atomic mass is 32.2. The first-order valence-electron chi connectivity index (χ1n) is 4.53. The summed E-state index contributed by atoms with van der Waals surface area (Å²) in [4.78, 5) is 0.118. The molecule has 0 radical (unpaired) electrons. The smallest absolute Gasteiger partial charge is 0.238 e. The zero-order valence-corrected chi connectivity index (χ0v) is 8.83. The molecule has 15 heavy (non-hydrogen) atoms. The van der Waals surface area contributed by atoms with Gasteiger partial charge in [-0.3, -0.25) is 0 Å². The van der Waals surface area contributed by atoms with E-state index in [2.05, 4.69) is 5.32 Å². The predicted octanol–water partition coefficient (Wildman–Crippen LogP) is 0.145. The largest absolute Gasteiger partial charge is 0.378 e. The van der Waals surface area contributed by atoms with Crippen molar-refractivity contribution >= 4 is 15.7 Å². The second-order valence-corrected chi connectivity index (χ2v) is 5.01. The number of primary sulfonamides is 1. The Labute approximate surface area is 88.3 Å². The number of hydrogen-bond donors (Lipinski definition) is 2. The van der Waals surface area contributed by atoms with Gasteiger partial charge < -0.3 is 10.1 Å². The van der Waals surface area contributed by atoms with Crippen molar-refractivity contribution in [1.82, 2.24) is 0 Å². The highest BCUT2D eigenvalue weighted by molar-refractivity contribution is 7.89. The van der Waals surface area contributed by atoms with Gasteiger partial charge in [0.1, 0.15) is 0 Å². The van der Waals surface area contributed by atoms with Gasteiger partial charge in [0.15, 0.2) is 0 Å². The highest BCUT2D eigenvalue weighted by Gasteiger charge is 2.18. The molecule has 0 unspecified atom stereocenters. The van der Waals surface area contributed by atoms with Crippen LogP contribution in [0, 0.1) is 0 Å². The molecule has 82 valence electrons. The highest BCUT2D eigenvalue weighted by Crippen LogP contribution is 2.16. The minimum absolute atomic E-state index is 0.118. The first-order valence-corrected chi connectivity index (χ1v) is 6.07. The third-order valence-corrected chi connectivity index (χ3v) is 3.08. The lowest BCUT2D eigenvalue weighted by Gasteiger charge is -2.27. The minimum Gasteiger partial charge on any atom is -0.378 e. The fraction of sp³-hybridized carbons (Fsp3) is 0.333. The summed E-state index contributed by atoms with van der Waals surface area (Å²) in [5.41, 5.74) is 0.745. The molecule has 0 aliphatic carbocycles. The van der Waals surface area contributed by atoms with Crippen LogP contribution in [0.15, 0.2) is 29.2 Å². The Balaban J connectivity index is 2.18. The Morgan fingerprint density at radius 2 is 2.13 bits per heavy atom. The maximum Gasteiger partial charge on any atom is 0.238 e. The van der Waals surface area contributed by atoms with E-state index in [1.165, 1.54) is 12.1 Å². The molecule has 3 N–H and O–H groups in total. The van der Waals surface area contributed by atoms with Crippen LogP contribution in [0.3, 0.4) is 0 Å². The lowest BCUT2D eigenvalue weighted by Crippen LogP contribution is -2.40. The van der Waals surface area contributed by atoms with Gasteiger partial charge in [-0.25, -0.2) is 13.6 Å². The van der Waals surface area contributed by atoms with Gasteiger partial charge in [-0.15, -0.1) is 0 Å². The van der Waals surface area contributed by atoms with Crippen LogP contribution in [0.2, 0.25) is 0 Å². The van der Waals surface area contributed by atoms with Crippen LogP contribution >= 0.6 is 0 Å². The number of nitrogens with two attached hydrogens (primary N) is 1. The molecule has 0 atom stereocenters. The second kappa shape index (κ2) is 3.80. The van der Waals surface area contributed by atoms with E-state index in [0.717, 1.165) is 5.69 Å². The number of nitrogens with one attached hydrogen (secondary N) is 1. The Bertz CT molecular complexity index is 454. The second-order valence-electron chi connectivity index (χ2n) is 3.45. The van der Waals surface area contributed by atoms with Crippen LogP contribution in [-0.2, 0) is 14.8 Å². The molecule has 1 aliphatic heterocycles. The molecule has 0 bridgehead atoms. The van der Waals surface area contributed by atoms with Gasteiger partial charge in [-0.1, -0.05) is 6.07 Å². The molecule has 2 rings (SSSR count). The van der Waals surface area contributed by atoms with E-state index in [4.69, 9.17) is 9.88 Å². The molecular weight excluding hydrogens is 216 g/mol. The maximum absolute atomic E-state index is 11.1. The van der Waals surface area contributed by atoms with Gasteiger partial charge in [0.25, 0.3) is 0 Å². The third kappa shape index (κ3) is 2.47. The van der Waals surface area contributed by atoms with Crippen LogP contribution < -0.4 is 10.5 Å². The fourth-order valence-corrected chi connectivity index (χ4v) is 1.88. The Morgan fingerprint density at radius 3 is 2.67 bits per heavy atom. The molecular formula is C9H12N2O3S. The van der Waals surface area contributed by atoms with Gasteiger partial charge in [-0.05, 0) is 18.2 Å². The first kappa shape index (κ1) is 10.4. The van der Waals surface area contributed by atoms with E-state index < -0.39 is 10.0 Å². The van der Waals surface area contributed by atoms with E-state index >= 15 is 0 Å². The molecule has 0 spiro atoms. The van der Waals surface area contributed by atoms with Gasteiger partial charge in [-0.2, -0.15) is 0 Å². The van der Waals surface area contributed by atoms with E-state index in [1.54, 1.807) is 12.1 Å². The molecule has 0 aromatic heterocycles. The molecule has 6 heteroatoms. The number of sulfonamides is 1. The number of hydrogen-bond acceptors (Lipinski definition) is 4. The van der Waals surface area contributed by atoms with Crippen LogP contribution in [0.1, 0.15) is 0 Å². The Kier molecular flexibility index (Phi) is 2.64. The third-order valence-electron chi connectivity index (χ3n) is 2.17. The molecule has 1 fully saturated rings. The lowest BCUT2D eigenvalue weighted by atomic mass is 10.2. The fourth-order valence-electron chi connectivity index (χ4n) is 1.32. The van der Waals surface area contributed by atoms with Crippen LogP contribution in [-0.4, -0.2) is 27.7 Å². The van der Waals surface area contributed by atoms with Crippen LogP contribution in [0.25, 0.3) is 0 Å². The molecule has 0 saturated carbocycles. The molecule has 1 saturated heterocycles. The average Bonchev–Trinajstić information content (AvgIpc) is 2.11. The van der Waals surface area contributed by atoms with Gasteiger partial charge in [0.2, 0.25) is 10.0 Å². The lowest BCUT2D eigenvalue weighted by molar-refractivity contribution is 0.0211. The monoisotopic (exact) mass is 228 g/mol. The van der Waals surface area contributed by atoms with Crippen molar-refractivity contribution in [3.05, 3.63) is 24.3 Å². The number of rotatable bonds is 3. The topological polar surface area (TPSA) is 81.4 Å². The quantitative estimate of drug-likeness (QED) is 0.771. The van der Waals surface area contributed by atoms with Crippen molar-refractivity contribution in [2.45, 2.75) is 10.9 Å². The summed E-state index contributed by atoms with van der Waals surface area (Å²) in [6, 6.07) is 6.71. The summed E-state index contributed by atoms with van der Waals surface area (Å²) in [6.07, 6.45) is 0. The van der Waals surface area contributed by atoms with E-state index in [1.807, 2.05) is 0 Å². The van der Waals surface area contributed by atoms with Crippen molar-refractivity contribution in [2.75, 3.05) is 18.5 Å². The van der Waals surface area contributed by atoms with Crippen molar-refractivity contribution in [3.8, 4) is 0 Å². The van der Waals surface area contributed by atoms with E-state index in [0.29, 0.717) is 13.2 Å². The normalized spacial score (nSPS) is 17.1. The van der Waals surface area contributed by atoms with Crippen LogP contribution in [0.5, 0.6) is 0 Å². The number of anilines is 1. The van der Waals surface area contributed by atoms with Crippen molar-refractivity contribution in [3.63, 3.8) is 0 Å². The molecule has 1 heterocycles. The van der Waals surface area contributed by atoms with Crippen molar-refractivity contribution in [1.29, 1.82) is 0 Å². The summed E-state index contributed by atoms with van der Waals surface area (Å²) in [6.45, 7) is 1.30. The standard InChI is InChI=1S/C9H12N2O3S/c10-15(12,13)9-3-1-2-7(4-9)11-8-5-14-6-8/h1-4,8,11H,5-6H2,(H2,10,12,13). The average molecular weight is 228 g/mol. The summed E-state index contributed by atoms with van der Waals surface area (Å²) in [7, 11) is -3.62. The van der Waals surface area contributed by atoms with Crippen molar-refractivity contribution < 1.29 is 13.2 Å². The Morgan fingerprint density at radius 1 is 1.40 bits per heavy atom. The zero-order chi connectivity index (χ0) is 10.9. The van der Waals surface area contributed by atoms with Gasteiger partial charge in [0.05, 0.1) is 24.2 Å². The molecule has 1 aliphatic rings. The zero-order valence-electron chi connectivity index (χ0n) is 8.01. The number of benzene rings is 1. The predicted molar refractivity (Wildman–Crippen MR) is 56.0 cm³/mol. The Hall–Kier alpha value is -1.11. The summed E-state index contributed by atoms with van der Waals surface area (Å²) in [5, 5.41) is 8.17. The van der Waals surface area contributed by atoms with E-state index in [-0.39, 0.29) is 10.9 Å². The molecule has 5 nitrogen and oxygen atoms in total. The van der Waals surface area contributed by atoms with E-state index in [9.17, 15) is 8.42 Å². The summed E-state index contributed by atoms with van der Waals surface area (Å²) < 4.78 is 27.2. The van der Waals surface area contributed by atoms with Gasteiger partial charge >= 0.3 is 0 Å². The SMILES string of the molecule is NS(=O)(=O)c1cccc(NC2COC2)c1. The molecule has 1 aromatic rings. The molecule has 0 amide bonds. The van der Waals surface area contributed by atoms with Crippen LogP contribution in [0.4, 0.5) is 5.69 Å². The summed E-state index contributed by atoms with van der Waals surface area (Å²) in [5.74, 6) is 0. The number of ether oxygens (including phenoxy) is 1. The minimum atomic E-state index is -3.62. The molecule has 1 aromatic carbocycles. The summed E-state index contributed by atoms with van der Waals surface area (Å²) >= 11 is 0.